The lowest BCUT2D eigenvalue weighted by Crippen LogP contribution is -1.81. The molecule has 96 valence electrons. The van der Waals surface area contributed by atoms with Crippen LogP contribution in [0.25, 0.3) is 32.2 Å². The van der Waals surface area contributed by atoms with Crippen LogP contribution in [0.3, 0.4) is 0 Å². The zero-order chi connectivity index (χ0) is 13.5. The highest BCUT2D eigenvalue weighted by Crippen LogP contribution is 2.37. The van der Waals surface area contributed by atoms with E-state index in [9.17, 15) is 0 Å². The van der Waals surface area contributed by atoms with E-state index in [0.29, 0.717) is 0 Å². The second-order valence-corrected chi connectivity index (χ2v) is 6.03. The molecule has 0 saturated heterocycles. The summed E-state index contributed by atoms with van der Waals surface area (Å²) in [4.78, 5) is 11.4. The molecule has 3 heteroatoms. The summed E-state index contributed by atoms with van der Waals surface area (Å²) < 4.78 is 0. The Morgan fingerprint density at radius 3 is 2.45 bits per heavy atom. The molecule has 0 radical (unpaired) electrons. The number of aryl methyl sites for hydroxylation is 1. The lowest BCUT2D eigenvalue weighted by Gasteiger charge is -2.02. The lowest BCUT2D eigenvalue weighted by atomic mass is 10.1. The number of hydrogen-bond donors (Lipinski definition) is 0. The van der Waals surface area contributed by atoms with E-state index in [0.717, 1.165) is 11.0 Å². The molecule has 0 saturated carbocycles. The van der Waals surface area contributed by atoms with E-state index in [2.05, 4.69) is 59.4 Å². The smallest absolute Gasteiger partial charge is 0.108 e. The normalized spacial score (nSPS) is 11.2. The second-order valence-electron chi connectivity index (χ2n) is 4.80. The number of aromatic nitrogens is 2. The molecule has 4 rings (SSSR count). The third-order valence-electron chi connectivity index (χ3n) is 3.51. The summed E-state index contributed by atoms with van der Waals surface area (Å²) in [5.41, 5.74) is 3.23. The summed E-state index contributed by atoms with van der Waals surface area (Å²) in [5.74, 6) is 0. The predicted octanol–water partition coefficient (Wildman–Crippen LogP) is 4.82. The van der Waals surface area contributed by atoms with Crippen molar-refractivity contribution >= 4 is 33.1 Å². The summed E-state index contributed by atoms with van der Waals surface area (Å²) in [6, 6.07) is 15.0. The summed E-state index contributed by atoms with van der Waals surface area (Å²) in [7, 11) is 0. The molecule has 2 aromatic heterocycles. The Balaban J connectivity index is 2.01. The molecule has 0 bridgehead atoms. The Kier molecular flexibility index (Phi) is 2.54. The van der Waals surface area contributed by atoms with E-state index in [1.807, 2.05) is 0 Å². The van der Waals surface area contributed by atoms with Crippen LogP contribution in [0.5, 0.6) is 0 Å². The first-order valence-electron chi connectivity index (χ1n) is 6.52. The maximum atomic E-state index is 4.51. The Morgan fingerprint density at radius 2 is 1.60 bits per heavy atom. The fourth-order valence-electron chi connectivity index (χ4n) is 2.54. The minimum atomic E-state index is 1.00. The fourth-order valence-corrected chi connectivity index (χ4v) is 3.58. The van der Waals surface area contributed by atoms with Gasteiger partial charge >= 0.3 is 0 Å². The van der Waals surface area contributed by atoms with Crippen LogP contribution in [0.4, 0.5) is 0 Å². The second kappa shape index (κ2) is 4.39. The van der Waals surface area contributed by atoms with E-state index < -0.39 is 0 Å². The molecule has 0 unspecified atom stereocenters. The number of fused-ring (bicyclic) bond motifs is 2. The summed E-state index contributed by atoms with van der Waals surface area (Å²) >= 11 is 1.76. The predicted molar refractivity (Wildman–Crippen MR) is 85.1 cm³/mol. The average molecular weight is 276 g/mol. The zero-order valence-corrected chi connectivity index (χ0v) is 11.8. The van der Waals surface area contributed by atoms with Crippen LogP contribution in [0.15, 0.2) is 54.9 Å². The van der Waals surface area contributed by atoms with Crippen LogP contribution in [0.1, 0.15) is 4.88 Å². The van der Waals surface area contributed by atoms with Gasteiger partial charge in [0.1, 0.15) is 11.0 Å². The highest BCUT2D eigenvalue weighted by molar-refractivity contribution is 7.17. The molecule has 0 amide bonds. The molecule has 20 heavy (non-hydrogen) atoms. The first-order valence-corrected chi connectivity index (χ1v) is 7.34. The minimum Gasteiger partial charge on any atom is -0.252 e. The molecule has 0 aliphatic rings. The molecule has 2 heterocycles. The highest BCUT2D eigenvalue weighted by atomic mass is 32.1. The van der Waals surface area contributed by atoms with Crippen molar-refractivity contribution in [3.05, 3.63) is 59.7 Å². The average Bonchev–Trinajstić information content (AvgIpc) is 2.85. The number of benzene rings is 2. The third-order valence-corrected chi connectivity index (χ3v) is 4.65. The van der Waals surface area contributed by atoms with Crippen LogP contribution < -0.4 is 0 Å². The van der Waals surface area contributed by atoms with Gasteiger partial charge in [-0.05, 0) is 29.3 Å². The third kappa shape index (κ3) is 1.71. The van der Waals surface area contributed by atoms with Gasteiger partial charge in [-0.25, -0.2) is 0 Å². The zero-order valence-electron chi connectivity index (χ0n) is 11.0. The number of thiophene rings is 1. The van der Waals surface area contributed by atoms with E-state index >= 15 is 0 Å². The van der Waals surface area contributed by atoms with Crippen LogP contribution >= 0.6 is 11.3 Å². The topological polar surface area (TPSA) is 25.8 Å². The fraction of sp³-hybridized carbons (Fsp3) is 0.0588. The molecular weight excluding hydrogens is 264 g/mol. The van der Waals surface area contributed by atoms with Gasteiger partial charge in [-0.15, -0.1) is 11.3 Å². The van der Waals surface area contributed by atoms with E-state index in [-0.39, 0.29) is 0 Å². The first-order chi connectivity index (χ1) is 9.83. The van der Waals surface area contributed by atoms with Crippen LogP contribution in [0, 0.1) is 6.92 Å². The Hall–Kier alpha value is -2.26. The van der Waals surface area contributed by atoms with Crippen molar-refractivity contribution in [1.29, 1.82) is 0 Å². The van der Waals surface area contributed by atoms with Gasteiger partial charge in [0, 0.05) is 17.3 Å². The van der Waals surface area contributed by atoms with Crippen molar-refractivity contribution in [2.45, 2.75) is 6.92 Å². The van der Waals surface area contributed by atoms with Crippen LogP contribution in [-0.4, -0.2) is 9.97 Å². The Bertz CT molecular complexity index is 924. The van der Waals surface area contributed by atoms with Crippen molar-refractivity contribution in [2.24, 2.45) is 0 Å². The summed E-state index contributed by atoms with van der Waals surface area (Å²) in [6.45, 7) is 2.10. The highest BCUT2D eigenvalue weighted by Gasteiger charge is 2.12. The molecule has 0 atom stereocenters. The van der Waals surface area contributed by atoms with Crippen molar-refractivity contribution in [1.82, 2.24) is 9.97 Å². The Labute approximate surface area is 120 Å². The minimum absolute atomic E-state index is 1.00. The van der Waals surface area contributed by atoms with Gasteiger partial charge in [0.05, 0.1) is 4.88 Å². The molecule has 2 aromatic carbocycles. The Morgan fingerprint density at radius 1 is 0.850 bits per heavy atom. The monoisotopic (exact) mass is 276 g/mol. The SMILES string of the molecule is Cc1sc(-c2ccc3ccccc3c2)c2nccnc12. The molecule has 0 aliphatic carbocycles. The molecular formula is C17H12N2S. The molecule has 0 N–H and O–H groups in total. The van der Waals surface area contributed by atoms with Gasteiger partial charge in [-0.3, -0.25) is 9.97 Å². The molecule has 0 spiro atoms. The van der Waals surface area contributed by atoms with E-state index in [1.54, 1.807) is 23.7 Å². The molecule has 0 fully saturated rings. The van der Waals surface area contributed by atoms with Crippen LogP contribution in [-0.2, 0) is 0 Å². The van der Waals surface area contributed by atoms with Crippen LogP contribution in [0.2, 0.25) is 0 Å². The lowest BCUT2D eigenvalue weighted by molar-refractivity contribution is 1.30. The molecule has 4 aromatic rings. The van der Waals surface area contributed by atoms with Gasteiger partial charge in [0.25, 0.3) is 0 Å². The standard InChI is InChI=1S/C17H12N2S/c1-11-15-16(19-9-8-18-15)17(20-11)14-7-6-12-4-2-3-5-13(12)10-14/h2-10H,1H3. The molecule has 0 aliphatic heterocycles. The van der Waals surface area contributed by atoms with Crippen molar-refractivity contribution in [3.63, 3.8) is 0 Å². The maximum Gasteiger partial charge on any atom is 0.108 e. The quantitative estimate of drug-likeness (QED) is 0.498. The van der Waals surface area contributed by atoms with E-state index in [4.69, 9.17) is 0 Å². The number of nitrogens with zero attached hydrogens (tertiary/aromatic N) is 2. The summed E-state index contributed by atoms with van der Waals surface area (Å²) in [5, 5.41) is 2.52. The van der Waals surface area contributed by atoms with Gasteiger partial charge in [0.2, 0.25) is 0 Å². The number of rotatable bonds is 1. The number of hydrogen-bond acceptors (Lipinski definition) is 3. The van der Waals surface area contributed by atoms with Gasteiger partial charge in [0.15, 0.2) is 0 Å². The largest absolute Gasteiger partial charge is 0.252 e. The maximum absolute atomic E-state index is 4.51. The van der Waals surface area contributed by atoms with Crippen molar-refractivity contribution < 1.29 is 0 Å². The van der Waals surface area contributed by atoms with Gasteiger partial charge in [-0.2, -0.15) is 0 Å². The molecule has 2 nitrogen and oxygen atoms in total. The summed E-state index contributed by atoms with van der Waals surface area (Å²) in [6.07, 6.45) is 3.52. The van der Waals surface area contributed by atoms with Crippen molar-refractivity contribution in [3.8, 4) is 10.4 Å². The van der Waals surface area contributed by atoms with Crippen molar-refractivity contribution in [2.75, 3.05) is 0 Å². The first kappa shape index (κ1) is 11.6. The van der Waals surface area contributed by atoms with E-state index in [1.165, 1.54) is 26.1 Å². The van der Waals surface area contributed by atoms with Gasteiger partial charge < -0.3 is 0 Å². The van der Waals surface area contributed by atoms with Gasteiger partial charge in [-0.1, -0.05) is 36.4 Å².